The second-order valence-corrected chi connectivity index (χ2v) is 9.81. The Bertz CT molecular complexity index is 1690. The van der Waals surface area contributed by atoms with Crippen molar-refractivity contribution in [3.8, 4) is 11.3 Å². The van der Waals surface area contributed by atoms with Crippen LogP contribution in [0.25, 0.3) is 28.4 Å². The van der Waals surface area contributed by atoms with Crippen molar-refractivity contribution < 1.29 is 14.8 Å². The summed E-state index contributed by atoms with van der Waals surface area (Å²) in [5, 5.41) is 19.8. The second-order valence-electron chi connectivity index (χ2n) is 9.00. The van der Waals surface area contributed by atoms with Gasteiger partial charge in [-0.1, -0.05) is 59.6 Å². The Morgan fingerprint density at radius 1 is 1.02 bits per heavy atom. The van der Waals surface area contributed by atoms with Crippen molar-refractivity contribution in [3.63, 3.8) is 0 Å². The van der Waals surface area contributed by atoms with Gasteiger partial charge in [0, 0.05) is 39.2 Å². The van der Waals surface area contributed by atoms with Crippen molar-refractivity contribution in [1.82, 2.24) is 25.2 Å². The normalized spacial score (nSPS) is 11.3. The summed E-state index contributed by atoms with van der Waals surface area (Å²) in [4.78, 5) is 28.3. The first-order valence-corrected chi connectivity index (χ1v) is 13.1. The zero-order valence-corrected chi connectivity index (χ0v) is 22.6. The largest absolute Gasteiger partial charge is 0.326 e. The van der Waals surface area contributed by atoms with Gasteiger partial charge < -0.3 is 9.88 Å². The van der Waals surface area contributed by atoms with E-state index in [1.54, 1.807) is 30.0 Å². The van der Waals surface area contributed by atoms with Gasteiger partial charge in [-0.25, -0.2) is 10.5 Å². The van der Waals surface area contributed by atoms with Crippen LogP contribution in [0, 0.1) is 0 Å². The summed E-state index contributed by atoms with van der Waals surface area (Å²) in [7, 11) is 0. The number of aromatic nitrogens is 4. The number of nitrogens with one attached hydrogen (secondary N) is 3. The standard InChI is InChI=1S/C29H24Cl2N6O3/c30-22-5-3-6-23(31)21(22)16-37-17-32-24-13-12-20(14-26(24)37)25-15-27(35-34-25)33-29(39)19-10-8-18(9-11-19)4-1-2-7-28(38)36-40/h1,3-6,8-15,17,40H,2,7,16H2,(H,36,38)(H2,33,34,35,39)/b4-1+. The molecule has 0 radical (unpaired) electrons. The molecule has 5 aromatic rings. The van der Waals surface area contributed by atoms with E-state index in [4.69, 9.17) is 28.4 Å². The van der Waals surface area contributed by atoms with E-state index in [9.17, 15) is 9.59 Å². The summed E-state index contributed by atoms with van der Waals surface area (Å²) in [6, 6.07) is 20.1. The van der Waals surface area contributed by atoms with E-state index in [-0.39, 0.29) is 12.3 Å². The molecule has 0 aliphatic heterocycles. The molecule has 0 aliphatic rings. The first kappa shape index (κ1) is 27.1. The van der Waals surface area contributed by atoms with E-state index < -0.39 is 5.91 Å². The Labute approximate surface area is 239 Å². The number of benzene rings is 3. The number of allylic oxidation sites excluding steroid dienone is 1. The second kappa shape index (κ2) is 12.2. The molecule has 40 heavy (non-hydrogen) atoms. The van der Waals surface area contributed by atoms with Crippen molar-refractivity contribution in [2.45, 2.75) is 19.4 Å². The van der Waals surface area contributed by atoms with Crippen LogP contribution in [0.5, 0.6) is 0 Å². The smallest absolute Gasteiger partial charge is 0.256 e. The molecule has 2 amide bonds. The molecule has 0 spiro atoms. The third-order valence-corrected chi connectivity index (χ3v) is 7.00. The zero-order chi connectivity index (χ0) is 28.1. The molecule has 4 N–H and O–H groups in total. The van der Waals surface area contributed by atoms with E-state index in [2.05, 4.69) is 20.5 Å². The molecular formula is C29H24Cl2N6O3. The maximum absolute atomic E-state index is 12.8. The number of anilines is 1. The molecule has 5 rings (SSSR count). The Kier molecular flexibility index (Phi) is 8.26. The van der Waals surface area contributed by atoms with E-state index in [0.29, 0.717) is 34.4 Å². The summed E-state index contributed by atoms with van der Waals surface area (Å²) < 4.78 is 1.98. The number of rotatable bonds is 9. The number of nitrogens with zero attached hydrogens (tertiary/aromatic N) is 3. The molecule has 3 aromatic carbocycles. The maximum atomic E-state index is 12.8. The molecule has 202 valence electrons. The first-order chi connectivity index (χ1) is 19.4. The van der Waals surface area contributed by atoms with E-state index in [1.165, 1.54) is 0 Å². The Morgan fingerprint density at radius 3 is 2.55 bits per heavy atom. The predicted octanol–water partition coefficient (Wildman–Crippen LogP) is 6.33. The first-order valence-electron chi connectivity index (χ1n) is 12.4. The molecule has 0 bridgehead atoms. The van der Waals surface area contributed by atoms with Crippen LogP contribution in [-0.2, 0) is 11.3 Å². The Balaban J connectivity index is 1.26. The van der Waals surface area contributed by atoms with Crippen LogP contribution >= 0.6 is 23.2 Å². The average Bonchev–Trinajstić information content (AvgIpc) is 3.60. The fourth-order valence-electron chi connectivity index (χ4n) is 4.16. The molecule has 0 atom stereocenters. The topological polar surface area (TPSA) is 125 Å². The van der Waals surface area contributed by atoms with Gasteiger partial charge in [0.05, 0.1) is 29.6 Å². The number of amides is 2. The van der Waals surface area contributed by atoms with Gasteiger partial charge in [-0.15, -0.1) is 0 Å². The summed E-state index contributed by atoms with van der Waals surface area (Å²) in [5.41, 5.74) is 7.11. The number of halogens is 2. The number of H-pyrrole nitrogens is 1. The number of hydrogen-bond donors (Lipinski definition) is 4. The molecule has 0 unspecified atom stereocenters. The highest BCUT2D eigenvalue weighted by molar-refractivity contribution is 6.36. The monoisotopic (exact) mass is 574 g/mol. The number of fused-ring (bicyclic) bond motifs is 1. The summed E-state index contributed by atoms with van der Waals surface area (Å²) >= 11 is 12.7. The lowest BCUT2D eigenvalue weighted by Crippen LogP contribution is -2.17. The minimum absolute atomic E-state index is 0.189. The minimum Gasteiger partial charge on any atom is -0.326 e. The van der Waals surface area contributed by atoms with Gasteiger partial charge in [0.25, 0.3) is 5.91 Å². The van der Waals surface area contributed by atoms with Gasteiger partial charge in [0.15, 0.2) is 5.82 Å². The van der Waals surface area contributed by atoms with E-state index >= 15 is 0 Å². The molecule has 0 saturated carbocycles. The highest BCUT2D eigenvalue weighted by Crippen LogP contribution is 2.28. The number of hydroxylamine groups is 1. The van der Waals surface area contributed by atoms with Crippen molar-refractivity contribution in [2.75, 3.05) is 5.32 Å². The molecule has 11 heteroatoms. The number of carbonyl (C=O) groups excluding carboxylic acids is 2. The molecule has 0 aliphatic carbocycles. The van der Waals surface area contributed by atoms with E-state index in [0.717, 1.165) is 33.4 Å². The average molecular weight is 575 g/mol. The molecule has 0 fully saturated rings. The van der Waals surface area contributed by atoms with Crippen molar-refractivity contribution in [3.05, 3.63) is 106 Å². The summed E-state index contributed by atoms with van der Waals surface area (Å²) in [6.45, 7) is 0.470. The third-order valence-electron chi connectivity index (χ3n) is 6.29. The fourth-order valence-corrected chi connectivity index (χ4v) is 4.68. The van der Waals surface area contributed by atoms with E-state index in [1.807, 2.05) is 65.3 Å². The van der Waals surface area contributed by atoms with Crippen molar-refractivity contribution >= 4 is 57.9 Å². The lowest BCUT2D eigenvalue weighted by Gasteiger charge is -2.09. The van der Waals surface area contributed by atoms with Crippen LogP contribution in [0.3, 0.4) is 0 Å². The van der Waals surface area contributed by atoms with Gasteiger partial charge in [-0.3, -0.25) is 19.9 Å². The van der Waals surface area contributed by atoms with Crippen LogP contribution < -0.4 is 10.8 Å². The van der Waals surface area contributed by atoms with Crippen LogP contribution in [0.15, 0.2) is 79.1 Å². The SMILES string of the molecule is O=C(CC/C=C/c1ccc(C(=O)Nc2cc(-c3ccc4ncn(Cc5c(Cl)cccc5Cl)c4c3)[nH]n2)cc1)NO. The number of aromatic amines is 1. The fraction of sp³-hybridized carbons (Fsp3) is 0.103. The van der Waals surface area contributed by atoms with Crippen molar-refractivity contribution in [1.29, 1.82) is 0 Å². The number of hydrogen-bond acceptors (Lipinski definition) is 5. The lowest BCUT2D eigenvalue weighted by atomic mass is 10.1. The lowest BCUT2D eigenvalue weighted by molar-refractivity contribution is -0.129. The van der Waals surface area contributed by atoms with Crippen LogP contribution in [0.1, 0.15) is 34.3 Å². The number of carbonyl (C=O) groups is 2. The van der Waals surface area contributed by atoms with Gasteiger partial charge in [0.2, 0.25) is 5.91 Å². The molecular weight excluding hydrogens is 551 g/mol. The minimum atomic E-state index is -0.441. The molecule has 2 aromatic heterocycles. The Hall–Kier alpha value is -4.44. The van der Waals surface area contributed by atoms with Crippen LogP contribution in [0.4, 0.5) is 5.82 Å². The highest BCUT2D eigenvalue weighted by Gasteiger charge is 2.13. The van der Waals surface area contributed by atoms with Crippen molar-refractivity contribution in [2.24, 2.45) is 0 Å². The van der Waals surface area contributed by atoms with Gasteiger partial charge >= 0.3 is 0 Å². The van der Waals surface area contributed by atoms with Crippen LogP contribution in [0.2, 0.25) is 10.0 Å². The van der Waals surface area contributed by atoms with Crippen LogP contribution in [-0.4, -0.2) is 36.8 Å². The zero-order valence-electron chi connectivity index (χ0n) is 21.1. The predicted molar refractivity (Wildman–Crippen MR) is 155 cm³/mol. The molecule has 2 heterocycles. The van der Waals surface area contributed by atoms with Gasteiger partial charge in [-0.2, -0.15) is 5.10 Å². The quantitative estimate of drug-likeness (QED) is 0.121. The molecule has 0 saturated heterocycles. The third kappa shape index (κ3) is 6.23. The summed E-state index contributed by atoms with van der Waals surface area (Å²) in [5.74, 6) is -0.343. The Morgan fingerprint density at radius 2 is 1.80 bits per heavy atom. The summed E-state index contributed by atoms with van der Waals surface area (Å²) in [6.07, 6.45) is 6.10. The maximum Gasteiger partial charge on any atom is 0.256 e. The highest BCUT2D eigenvalue weighted by atomic mass is 35.5. The number of imidazole rings is 1. The van der Waals surface area contributed by atoms with Gasteiger partial charge in [-0.05, 0) is 48.4 Å². The molecule has 9 nitrogen and oxygen atoms in total. The van der Waals surface area contributed by atoms with Gasteiger partial charge in [0.1, 0.15) is 0 Å².